The molecule has 2 unspecified atom stereocenters. The smallest absolute Gasteiger partial charge is 0.0468 e. The average Bonchev–Trinajstić information content (AvgIpc) is 2.32. The summed E-state index contributed by atoms with van der Waals surface area (Å²) < 4.78 is 0. The fraction of sp³-hybridized carbons (Fsp3) is 1.00. The first kappa shape index (κ1) is 11.0. The van der Waals surface area contributed by atoms with Gasteiger partial charge in [-0.1, -0.05) is 19.8 Å². The molecule has 1 saturated heterocycles. The van der Waals surface area contributed by atoms with Gasteiger partial charge in [-0.2, -0.15) is 0 Å². The highest BCUT2D eigenvalue weighted by Gasteiger charge is 2.18. The molecule has 78 valence electrons. The molecule has 0 bridgehead atoms. The maximum Gasteiger partial charge on any atom is 0.0468 e. The van der Waals surface area contributed by atoms with Crippen LogP contribution in [0, 0.1) is 5.92 Å². The van der Waals surface area contributed by atoms with Gasteiger partial charge in [0.05, 0.1) is 0 Å². The van der Waals surface area contributed by atoms with Gasteiger partial charge in [0.2, 0.25) is 0 Å². The van der Waals surface area contributed by atoms with Crippen LogP contribution in [0.15, 0.2) is 0 Å². The lowest BCUT2D eigenvalue weighted by molar-refractivity contribution is 0.145. The number of nitrogens with zero attached hydrogens (tertiary/aromatic N) is 1. The first-order valence-electron chi connectivity index (χ1n) is 5.59. The van der Waals surface area contributed by atoms with Gasteiger partial charge in [-0.25, -0.2) is 0 Å². The van der Waals surface area contributed by atoms with Crippen LogP contribution in [0.25, 0.3) is 0 Å². The normalized spacial score (nSPS) is 28.4. The molecular weight excluding hydrogens is 162 g/mol. The van der Waals surface area contributed by atoms with Gasteiger partial charge in [0, 0.05) is 19.2 Å². The second-order valence-corrected chi connectivity index (χ2v) is 4.48. The summed E-state index contributed by atoms with van der Waals surface area (Å²) in [5.41, 5.74) is 0. The molecule has 0 saturated carbocycles. The quantitative estimate of drug-likeness (QED) is 0.725. The molecule has 1 aliphatic heterocycles. The van der Waals surface area contributed by atoms with Crippen LogP contribution in [0.4, 0.5) is 0 Å². The molecule has 1 N–H and O–H groups in total. The van der Waals surface area contributed by atoms with Crippen LogP contribution >= 0.6 is 0 Å². The van der Waals surface area contributed by atoms with Crippen LogP contribution in [0.1, 0.15) is 39.5 Å². The lowest BCUT2D eigenvalue weighted by Gasteiger charge is -2.28. The predicted octanol–water partition coefficient (Wildman–Crippen LogP) is 1.88. The zero-order valence-electron chi connectivity index (χ0n) is 9.00. The minimum atomic E-state index is 0.323. The van der Waals surface area contributed by atoms with Gasteiger partial charge in [-0.3, -0.25) is 0 Å². The Morgan fingerprint density at radius 2 is 2.15 bits per heavy atom. The van der Waals surface area contributed by atoms with E-state index in [2.05, 4.69) is 18.7 Å². The van der Waals surface area contributed by atoms with Crippen LogP contribution in [0.5, 0.6) is 0 Å². The summed E-state index contributed by atoms with van der Waals surface area (Å²) in [4.78, 5) is 2.54. The Morgan fingerprint density at radius 1 is 1.38 bits per heavy atom. The van der Waals surface area contributed by atoms with Gasteiger partial charge in [-0.05, 0) is 32.2 Å². The maximum absolute atomic E-state index is 9.00. The largest absolute Gasteiger partial charge is 0.396 e. The van der Waals surface area contributed by atoms with E-state index in [-0.39, 0.29) is 0 Å². The number of hydrogen-bond acceptors (Lipinski definition) is 2. The molecule has 0 radical (unpaired) electrons. The SMILES string of the molecule is CC(CO)CN1CCCCCC1C. The first-order valence-corrected chi connectivity index (χ1v) is 5.59. The van der Waals surface area contributed by atoms with Crippen molar-refractivity contribution in [2.75, 3.05) is 19.7 Å². The van der Waals surface area contributed by atoms with Crippen LogP contribution in [0.3, 0.4) is 0 Å². The highest BCUT2D eigenvalue weighted by atomic mass is 16.3. The lowest BCUT2D eigenvalue weighted by Crippen LogP contribution is -2.36. The first-order chi connectivity index (χ1) is 6.24. The molecule has 0 aromatic carbocycles. The van der Waals surface area contributed by atoms with Crippen LogP contribution in [-0.2, 0) is 0 Å². The molecule has 2 heteroatoms. The van der Waals surface area contributed by atoms with Crippen molar-refractivity contribution in [2.45, 2.75) is 45.6 Å². The van der Waals surface area contributed by atoms with Gasteiger partial charge in [0.1, 0.15) is 0 Å². The average molecular weight is 185 g/mol. The Kier molecular flexibility index (Phi) is 4.74. The van der Waals surface area contributed by atoms with E-state index in [0.717, 1.165) is 12.6 Å². The third-order valence-corrected chi connectivity index (χ3v) is 3.05. The van der Waals surface area contributed by atoms with Crippen LogP contribution in [0.2, 0.25) is 0 Å². The Balaban J connectivity index is 2.35. The second-order valence-electron chi connectivity index (χ2n) is 4.48. The zero-order chi connectivity index (χ0) is 9.68. The number of hydrogen-bond donors (Lipinski definition) is 1. The predicted molar refractivity (Wildman–Crippen MR) is 55.8 cm³/mol. The standard InChI is InChI=1S/C11H23NO/c1-10(9-13)8-12-7-5-3-4-6-11(12)2/h10-11,13H,3-9H2,1-2H3. The van der Waals surface area contributed by atoms with E-state index in [9.17, 15) is 0 Å². The summed E-state index contributed by atoms with van der Waals surface area (Å²) in [5.74, 6) is 0.431. The Labute approximate surface area is 81.9 Å². The molecule has 0 aromatic heterocycles. The van der Waals surface area contributed by atoms with Crippen molar-refractivity contribution in [3.05, 3.63) is 0 Å². The molecule has 0 aromatic rings. The number of aliphatic hydroxyl groups excluding tert-OH is 1. The maximum atomic E-state index is 9.00. The fourth-order valence-corrected chi connectivity index (χ4v) is 2.06. The summed E-state index contributed by atoms with van der Waals surface area (Å²) in [6, 6.07) is 0.719. The summed E-state index contributed by atoms with van der Waals surface area (Å²) in [7, 11) is 0. The van der Waals surface area contributed by atoms with Gasteiger partial charge in [0.25, 0.3) is 0 Å². The zero-order valence-corrected chi connectivity index (χ0v) is 9.00. The second kappa shape index (κ2) is 5.61. The monoisotopic (exact) mass is 185 g/mol. The molecule has 13 heavy (non-hydrogen) atoms. The van der Waals surface area contributed by atoms with Crippen LogP contribution in [-0.4, -0.2) is 35.7 Å². The fourth-order valence-electron chi connectivity index (χ4n) is 2.06. The van der Waals surface area contributed by atoms with E-state index in [1.54, 1.807) is 0 Å². The van der Waals surface area contributed by atoms with Gasteiger partial charge in [-0.15, -0.1) is 0 Å². The van der Waals surface area contributed by atoms with E-state index in [4.69, 9.17) is 5.11 Å². The molecular formula is C11H23NO. The summed E-state index contributed by atoms with van der Waals surface area (Å²) in [6.45, 7) is 7.05. The van der Waals surface area contributed by atoms with Gasteiger partial charge >= 0.3 is 0 Å². The minimum Gasteiger partial charge on any atom is -0.396 e. The van der Waals surface area contributed by atoms with Crippen LogP contribution < -0.4 is 0 Å². The third kappa shape index (κ3) is 3.65. The molecule has 0 spiro atoms. The highest BCUT2D eigenvalue weighted by Crippen LogP contribution is 2.17. The van der Waals surface area contributed by atoms with Crippen molar-refractivity contribution >= 4 is 0 Å². The minimum absolute atomic E-state index is 0.323. The van der Waals surface area contributed by atoms with Gasteiger partial charge in [0.15, 0.2) is 0 Å². The third-order valence-electron chi connectivity index (χ3n) is 3.05. The topological polar surface area (TPSA) is 23.5 Å². The lowest BCUT2D eigenvalue weighted by atomic mass is 10.1. The number of rotatable bonds is 3. The highest BCUT2D eigenvalue weighted by molar-refractivity contribution is 4.72. The van der Waals surface area contributed by atoms with Crippen molar-refractivity contribution < 1.29 is 5.11 Å². The Hall–Kier alpha value is -0.0800. The summed E-state index contributed by atoms with van der Waals surface area (Å²) >= 11 is 0. The van der Waals surface area contributed by atoms with Crippen molar-refractivity contribution in [2.24, 2.45) is 5.92 Å². The molecule has 2 nitrogen and oxygen atoms in total. The number of aliphatic hydroxyl groups is 1. The molecule has 1 heterocycles. The van der Waals surface area contributed by atoms with E-state index in [1.807, 2.05) is 0 Å². The van der Waals surface area contributed by atoms with Crippen molar-refractivity contribution in [3.63, 3.8) is 0 Å². The van der Waals surface area contributed by atoms with E-state index >= 15 is 0 Å². The molecule has 1 fully saturated rings. The van der Waals surface area contributed by atoms with Crippen molar-refractivity contribution in [3.8, 4) is 0 Å². The summed E-state index contributed by atoms with van der Waals surface area (Å²) in [5, 5.41) is 9.00. The van der Waals surface area contributed by atoms with E-state index in [1.165, 1.54) is 32.2 Å². The Bertz CT molecular complexity index is 138. The molecule has 1 aliphatic rings. The molecule has 1 rings (SSSR count). The molecule has 0 amide bonds. The van der Waals surface area contributed by atoms with Crippen molar-refractivity contribution in [1.82, 2.24) is 4.90 Å². The van der Waals surface area contributed by atoms with E-state index in [0.29, 0.717) is 12.5 Å². The van der Waals surface area contributed by atoms with Crippen molar-refractivity contribution in [1.29, 1.82) is 0 Å². The molecule has 0 aliphatic carbocycles. The Morgan fingerprint density at radius 3 is 2.85 bits per heavy atom. The summed E-state index contributed by atoms with van der Waals surface area (Å²) in [6.07, 6.45) is 5.43. The number of likely N-dealkylation sites (tertiary alicyclic amines) is 1. The van der Waals surface area contributed by atoms with E-state index < -0.39 is 0 Å². The van der Waals surface area contributed by atoms with Gasteiger partial charge < -0.3 is 10.0 Å². The molecule has 2 atom stereocenters.